The molecule has 26 heavy (non-hydrogen) atoms. The molecule has 0 spiro atoms. The number of thiazole rings is 1. The SMILES string of the molecule is C=Cc1cccc(C(OC2CCN(C)CC2)c2nc3ccccc3s2)c1. The van der Waals surface area contributed by atoms with Crippen molar-refractivity contribution in [1.82, 2.24) is 9.88 Å². The molecule has 2 aromatic carbocycles. The normalized spacial score (nSPS) is 17.4. The number of hydrogen-bond donors (Lipinski definition) is 0. The lowest BCUT2D eigenvalue weighted by molar-refractivity contribution is -0.0234. The molecule has 0 bridgehead atoms. The van der Waals surface area contributed by atoms with Gasteiger partial charge in [0.25, 0.3) is 0 Å². The summed E-state index contributed by atoms with van der Waals surface area (Å²) in [5.41, 5.74) is 3.31. The van der Waals surface area contributed by atoms with E-state index < -0.39 is 0 Å². The van der Waals surface area contributed by atoms with E-state index in [9.17, 15) is 0 Å². The predicted octanol–water partition coefficient (Wildman–Crippen LogP) is 5.14. The highest BCUT2D eigenvalue weighted by Gasteiger charge is 2.26. The molecule has 4 rings (SSSR count). The van der Waals surface area contributed by atoms with Crippen molar-refractivity contribution in [3.8, 4) is 0 Å². The first-order chi connectivity index (χ1) is 12.7. The molecule has 1 atom stereocenters. The van der Waals surface area contributed by atoms with Gasteiger partial charge in [-0.25, -0.2) is 4.98 Å². The van der Waals surface area contributed by atoms with Crippen molar-refractivity contribution >= 4 is 27.6 Å². The number of nitrogens with zero attached hydrogens (tertiary/aromatic N) is 2. The molecular weight excluding hydrogens is 340 g/mol. The number of para-hydroxylation sites is 1. The predicted molar refractivity (Wildman–Crippen MR) is 110 cm³/mol. The first-order valence-electron chi connectivity index (χ1n) is 9.15. The summed E-state index contributed by atoms with van der Waals surface area (Å²) in [5.74, 6) is 0. The Morgan fingerprint density at radius 3 is 2.77 bits per heavy atom. The zero-order valence-electron chi connectivity index (χ0n) is 15.1. The number of ether oxygens (including phenoxy) is 1. The molecule has 4 heteroatoms. The summed E-state index contributed by atoms with van der Waals surface area (Å²) in [6, 6.07) is 16.8. The number of rotatable bonds is 5. The second kappa shape index (κ2) is 7.70. The molecule has 3 nitrogen and oxygen atoms in total. The van der Waals surface area contributed by atoms with Gasteiger partial charge in [-0.3, -0.25) is 0 Å². The molecule has 134 valence electrons. The van der Waals surface area contributed by atoms with Crippen LogP contribution in [0.1, 0.15) is 35.1 Å². The van der Waals surface area contributed by atoms with Gasteiger partial charge in [0.05, 0.1) is 16.3 Å². The van der Waals surface area contributed by atoms with Crippen molar-refractivity contribution in [2.75, 3.05) is 20.1 Å². The molecular formula is C22H24N2OS. The molecule has 1 aliphatic heterocycles. The van der Waals surface area contributed by atoms with E-state index in [1.165, 1.54) is 4.70 Å². The van der Waals surface area contributed by atoms with E-state index >= 15 is 0 Å². The Bertz CT molecular complexity index is 863. The van der Waals surface area contributed by atoms with Crippen LogP contribution in [0.25, 0.3) is 16.3 Å². The maximum absolute atomic E-state index is 6.63. The van der Waals surface area contributed by atoms with Crippen LogP contribution in [0.5, 0.6) is 0 Å². The molecule has 0 saturated carbocycles. The highest BCUT2D eigenvalue weighted by atomic mass is 32.1. The fraction of sp³-hybridized carbons (Fsp3) is 0.318. The first kappa shape index (κ1) is 17.4. The van der Waals surface area contributed by atoms with Crippen LogP contribution in [0.2, 0.25) is 0 Å². The maximum atomic E-state index is 6.63. The number of hydrogen-bond acceptors (Lipinski definition) is 4. The minimum Gasteiger partial charge on any atom is -0.363 e. The molecule has 1 saturated heterocycles. The number of piperidine rings is 1. The summed E-state index contributed by atoms with van der Waals surface area (Å²) in [5, 5.41) is 1.03. The lowest BCUT2D eigenvalue weighted by Crippen LogP contribution is -2.35. The molecule has 0 aliphatic carbocycles. The summed E-state index contributed by atoms with van der Waals surface area (Å²) in [4.78, 5) is 7.25. The molecule has 3 aromatic rings. The number of fused-ring (bicyclic) bond motifs is 1. The lowest BCUT2D eigenvalue weighted by atomic mass is 10.0. The standard InChI is InChI=1S/C22H24N2OS/c1-3-16-7-6-8-17(15-16)21(25-18-11-13-24(2)14-12-18)22-23-19-9-4-5-10-20(19)26-22/h3-10,15,18,21H,1,11-14H2,2H3. The monoisotopic (exact) mass is 364 g/mol. The Balaban J connectivity index is 1.69. The van der Waals surface area contributed by atoms with Gasteiger partial charge in [0, 0.05) is 13.1 Å². The second-order valence-electron chi connectivity index (χ2n) is 6.91. The molecule has 1 fully saturated rings. The topological polar surface area (TPSA) is 25.4 Å². The van der Waals surface area contributed by atoms with Gasteiger partial charge in [0.1, 0.15) is 11.1 Å². The highest BCUT2D eigenvalue weighted by molar-refractivity contribution is 7.18. The van der Waals surface area contributed by atoms with Crippen LogP contribution in [0.3, 0.4) is 0 Å². The third-order valence-corrected chi connectivity index (χ3v) is 6.06. The zero-order chi connectivity index (χ0) is 17.9. The van der Waals surface area contributed by atoms with Crippen molar-refractivity contribution in [2.45, 2.75) is 25.0 Å². The van der Waals surface area contributed by atoms with Crippen LogP contribution in [0.15, 0.2) is 55.1 Å². The van der Waals surface area contributed by atoms with E-state index in [-0.39, 0.29) is 12.2 Å². The fourth-order valence-corrected chi connectivity index (χ4v) is 4.48. The Hall–Kier alpha value is -2.01. The van der Waals surface area contributed by atoms with Crippen molar-refractivity contribution < 1.29 is 4.74 Å². The van der Waals surface area contributed by atoms with Gasteiger partial charge in [0.15, 0.2) is 0 Å². The van der Waals surface area contributed by atoms with Gasteiger partial charge >= 0.3 is 0 Å². The van der Waals surface area contributed by atoms with E-state index in [1.54, 1.807) is 11.3 Å². The Kier molecular flexibility index (Phi) is 5.16. The van der Waals surface area contributed by atoms with Gasteiger partial charge in [-0.15, -0.1) is 11.3 Å². The van der Waals surface area contributed by atoms with Crippen molar-refractivity contribution in [3.63, 3.8) is 0 Å². The average Bonchev–Trinajstić information content (AvgIpc) is 3.11. The number of benzene rings is 2. The highest BCUT2D eigenvalue weighted by Crippen LogP contribution is 2.35. The molecule has 0 radical (unpaired) electrons. The third kappa shape index (κ3) is 3.73. The molecule has 0 N–H and O–H groups in total. The van der Waals surface area contributed by atoms with Crippen LogP contribution >= 0.6 is 11.3 Å². The first-order valence-corrected chi connectivity index (χ1v) is 9.96. The molecule has 1 aliphatic rings. The number of likely N-dealkylation sites (tertiary alicyclic amines) is 1. The maximum Gasteiger partial charge on any atom is 0.134 e. The molecule has 2 heterocycles. The quantitative estimate of drug-likeness (QED) is 0.627. The van der Waals surface area contributed by atoms with E-state index in [2.05, 4.69) is 61.0 Å². The van der Waals surface area contributed by atoms with E-state index in [0.717, 1.165) is 47.6 Å². The zero-order valence-corrected chi connectivity index (χ0v) is 15.9. The van der Waals surface area contributed by atoms with Crippen LogP contribution in [-0.2, 0) is 4.74 Å². The van der Waals surface area contributed by atoms with Crippen molar-refractivity contribution in [3.05, 3.63) is 71.2 Å². The van der Waals surface area contributed by atoms with Crippen molar-refractivity contribution in [1.29, 1.82) is 0 Å². The Morgan fingerprint density at radius 1 is 1.19 bits per heavy atom. The molecule has 0 amide bonds. The lowest BCUT2D eigenvalue weighted by Gasteiger charge is -2.31. The second-order valence-corrected chi connectivity index (χ2v) is 7.98. The van der Waals surface area contributed by atoms with E-state index in [0.29, 0.717) is 0 Å². The largest absolute Gasteiger partial charge is 0.363 e. The number of aromatic nitrogens is 1. The summed E-state index contributed by atoms with van der Waals surface area (Å²) in [6.45, 7) is 6.08. The van der Waals surface area contributed by atoms with Gasteiger partial charge in [-0.05, 0) is 49.2 Å². The smallest absolute Gasteiger partial charge is 0.134 e. The van der Waals surface area contributed by atoms with Crippen LogP contribution < -0.4 is 0 Å². The van der Waals surface area contributed by atoms with Gasteiger partial charge in [0.2, 0.25) is 0 Å². The summed E-state index contributed by atoms with van der Waals surface area (Å²) >= 11 is 1.73. The van der Waals surface area contributed by atoms with Gasteiger partial charge in [-0.2, -0.15) is 0 Å². The molecule has 1 unspecified atom stereocenters. The van der Waals surface area contributed by atoms with Crippen molar-refractivity contribution in [2.24, 2.45) is 0 Å². The fourth-order valence-electron chi connectivity index (χ4n) is 3.44. The van der Waals surface area contributed by atoms with E-state index in [4.69, 9.17) is 9.72 Å². The summed E-state index contributed by atoms with van der Waals surface area (Å²) in [7, 11) is 2.18. The van der Waals surface area contributed by atoms with Gasteiger partial charge in [-0.1, -0.05) is 43.0 Å². The Labute approximate surface area is 158 Å². The van der Waals surface area contributed by atoms with E-state index in [1.807, 2.05) is 12.1 Å². The summed E-state index contributed by atoms with van der Waals surface area (Å²) < 4.78 is 7.84. The third-order valence-electron chi connectivity index (χ3n) is 4.98. The Morgan fingerprint density at radius 2 is 2.00 bits per heavy atom. The van der Waals surface area contributed by atoms with Crippen LogP contribution in [0, 0.1) is 0 Å². The summed E-state index contributed by atoms with van der Waals surface area (Å²) in [6.07, 6.45) is 4.17. The minimum absolute atomic E-state index is 0.124. The average molecular weight is 365 g/mol. The minimum atomic E-state index is -0.124. The molecule has 1 aromatic heterocycles. The van der Waals surface area contributed by atoms with Crippen LogP contribution in [-0.4, -0.2) is 36.1 Å². The van der Waals surface area contributed by atoms with Crippen LogP contribution in [0.4, 0.5) is 0 Å². The van der Waals surface area contributed by atoms with Gasteiger partial charge < -0.3 is 9.64 Å².